The first-order valence-electron chi connectivity index (χ1n) is 8.30. The van der Waals surface area contributed by atoms with Crippen LogP contribution in [0.2, 0.25) is 0 Å². The number of hydrogen-bond donors (Lipinski definition) is 1. The van der Waals surface area contributed by atoms with Crippen LogP contribution in [0.1, 0.15) is 31.4 Å². The van der Waals surface area contributed by atoms with Crippen molar-refractivity contribution < 1.29 is 14.3 Å². The summed E-state index contributed by atoms with van der Waals surface area (Å²) in [6.07, 6.45) is 0.0633. The van der Waals surface area contributed by atoms with Gasteiger partial charge in [0.25, 0.3) is 5.91 Å². The largest absolute Gasteiger partial charge is 0.494 e. The van der Waals surface area contributed by atoms with Gasteiger partial charge in [0.15, 0.2) is 6.10 Å². The molecule has 0 bridgehead atoms. The van der Waals surface area contributed by atoms with Gasteiger partial charge in [-0.25, -0.2) is 0 Å². The van der Waals surface area contributed by atoms with Crippen molar-refractivity contribution in [2.45, 2.75) is 40.2 Å². The quantitative estimate of drug-likeness (QED) is 0.814. The standard InChI is InChI=1S/C20H25NO3/c1-5-19(24-18-12-14(3)11-15(4)13-18)20(22)21-16-7-9-17(10-8-16)23-6-2/h7-13,19H,5-6H2,1-4H3,(H,21,22)/t19-/m0/s1. The van der Waals surface area contributed by atoms with Crippen LogP contribution in [0.4, 0.5) is 5.69 Å². The molecule has 1 amide bonds. The van der Waals surface area contributed by atoms with Gasteiger partial charge in [0.05, 0.1) is 6.61 Å². The molecule has 1 N–H and O–H groups in total. The third-order valence-corrected chi connectivity index (χ3v) is 3.57. The van der Waals surface area contributed by atoms with E-state index in [-0.39, 0.29) is 5.91 Å². The van der Waals surface area contributed by atoms with Crippen LogP contribution >= 0.6 is 0 Å². The molecule has 0 spiro atoms. The van der Waals surface area contributed by atoms with Gasteiger partial charge in [-0.3, -0.25) is 4.79 Å². The van der Waals surface area contributed by atoms with Gasteiger partial charge >= 0.3 is 0 Å². The summed E-state index contributed by atoms with van der Waals surface area (Å²) in [7, 11) is 0. The average molecular weight is 327 g/mol. The first-order chi connectivity index (χ1) is 11.5. The maximum absolute atomic E-state index is 12.5. The number of amides is 1. The van der Waals surface area contributed by atoms with Crippen molar-refractivity contribution in [1.82, 2.24) is 0 Å². The maximum atomic E-state index is 12.5. The zero-order valence-electron chi connectivity index (χ0n) is 14.8. The summed E-state index contributed by atoms with van der Waals surface area (Å²) in [5.74, 6) is 1.36. The Morgan fingerprint density at radius 3 is 2.17 bits per heavy atom. The Hall–Kier alpha value is -2.49. The lowest BCUT2D eigenvalue weighted by Crippen LogP contribution is -2.32. The van der Waals surface area contributed by atoms with Crippen molar-refractivity contribution in [1.29, 1.82) is 0 Å². The number of rotatable bonds is 7. The summed E-state index contributed by atoms with van der Waals surface area (Å²) in [4.78, 5) is 12.5. The lowest BCUT2D eigenvalue weighted by Gasteiger charge is -2.18. The van der Waals surface area contributed by atoms with Crippen molar-refractivity contribution >= 4 is 11.6 Å². The van der Waals surface area contributed by atoms with Crippen molar-refractivity contribution in [3.63, 3.8) is 0 Å². The van der Waals surface area contributed by atoms with E-state index in [1.165, 1.54) is 0 Å². The highest BCUT2D eigenvalue weighted by Gasteiger charge is 2.18. The molecule has 2 aromatic rings. The van der Waals surface area contributed by atoms with E-state index in [1.807, 2.05) is 64.1 Å². The first-order valence-corrected chi connectivity index (χ1v) is 8.30. The smallest absolute Gasteiger partial charge is 0.265 e. The van der Waals surface area contributed by atoms with Crippen LogP contribution < -0.4 is 14.8 Å². The van der Waals surface area contributed by atoms with E-state index in [4.69, 9.17) is 9.47 Å². The number of hydrogen-bond acceptors (Lipinski definition) is 3. The molecular formula is C20H25NO3. The van der Waals surface area contributed by atoms with Crippen LogP contribution in [0.3, 0.4) is 0 Å². The number of aryl methyl sites for hydroxylation is 2. The van der Waals surface area contributed by atoms with Crippen LogP contribution in [-0.4, -0.2) is 18.6 Å². The molecule has 4 heteroatoms. The summed E-state index contributed by atoms with van der Waals surface area (Å²) in [6, 6.07) is 13.3. The Morgan fingerprint density at radius 1 is 1.00 bits per heavy atom. The van der Waals surface area contributed by atoms with E-state index in [1.54, 1.807) is 0 Å². The highest BCUT2D eigenvalue weighted by atomic mass is 16.5. The number of carbonyl (C=O) groups excluding carboxylic acids is 1. The van der Waals surface area contributed by atoms with Gasteiger partial charge in [0.2, 0.25) is 0 Å². The highest BCUT2D eigenvalue weighted by molar-refractivity contribution is 5.94. The van der Waals surface area contributed by atoms with Crippen molar-refractivity contribution in [3.05, 3.63) is 53.6 Å². The van der Waals surface area contributed by atoms with Gasteiger partial charge in [-0.15, -0.1) is 0 Å². The van der Waals surface area contributed by atoms with E-state index in [0.717, 1.165) is 28.3 Å². The monoisotopic (exact) mass is 327 g/mol. The molecule has 0 heterocycles. The molecule has 0 saturated carbocycles. The van der Waals surface area contributed by atoms with E-state index in [0.29, 0.717) is 13.0 Å². The van der Waals surface area contributed by atoms with E-state index < -0.39 is 6.10 Å². The molecule has 2 rings (SSSR count). The predicted octanol–water partition coefficient (Wildman–Crippen LogP) is 4.50. The van der Waals surface area contributed by atoms with Crippen molar-refractivity contribution in [3.8, 4) is 11.5 Å². The zero-order valence-corrected chi connectivity index (χ0v) is 14.8. The van der Waals surface area contributed by atoms with E-state index in [2.05, 4.69) is 11.4 Å². The van der Waals surface area contributed by atoms with Crippen LogP contribution in [0, 0.1) is 13.8 Å². The first kappa shape index (κ1) is 17.9. The summed E-state index contributed by atoms with van der Waals surface area (Å²) >= 11 is 0. The molecule has 4 nitrogen and oxygen atoms in total. The van der Waals surface area contributed by atoms with Crippen LogP contribution in [0.25, 0.3) is 0 Å². The SMILES string of the molecule is CCOc1ccc(NC(=O)[C@H](CC)Oc2cc(C)cc(C)c2)cc1. The van der Waals surface area contributed by atoms with E-state index >= 15 is 0 Å². The van der Waals surface area contributed by atoms with Gasteiger partial charge in [0.1, 0.15) is 11.5 Å². The molecule has 1 atom stereocenters. The Labute approximate surface area is 143 Å². The topological polar surface area (TPSA) is 47.6 Å². The number of nitrogens with one attached hydrogen (secondary N) is 1. The zero-order chi connectivity index (χ0) is 17.5. The Kier molecular flexibility index (Phi) is 6.24. The van der Waals surface area contributed by atoms with Gasteiger partial charge in [-0.2, -0.15) is 0 Å². The van der Waals surface area contributed by atoms with E-state index in [9.17, 15) is 4.79 Å². The normalized spacial score (nSPS) is 11.7. The van der Waals surface area contributed by atoms with Crippen LogP contribution in [-0.2, 0) is 4.79 Å². The summed E-state index contributed by atoms with van der Waals surface area (Å²) in [5.41, 5.74) is 2.96. The van der Waals surface area contributed by atoms with Gasteiger partial charge < -0.3 is 14.8 Å². The molecule has 0 aliphatic carbocycles. The molecule has 0 radical (unpaired) electrons. The summed E-state index contributed by atoms with van der Waals surface area (Å²) in [5, 5.41) is 2.89. The number of carbonyl (C=O) groups is 1. The fraction of sp³-hybridized carbons (Fsp3) is 0.350. The van der Waals surface area contributed by atoms with Crippen molar-refractivity contribution in [2.75, 3.05) is 11.9 Å². The Balaban J connectivity index is 2.02. The minimum atomic E-state index is -0.530. The second-order valence-electron chi connectivity index (χ2n) is 5.78. The molecule has 0 aliphatic heterocycles. The summed E-state index contributed by atoms with van der Waals surface area (Å²) in [6.45, 7) is 8.52. The van der Waals surface area contributed by atoms with Crippen LogP contribution in [0.5, 0.6) is 11.5 Å². The third kappa shape index (κ3) is 5.01. The van der Waals surface area contributed by atoms with Crippen molar-refractivity contribution in [2.24, 2.45) is 0 Å². The average Bonchev–Trinajstić information content (AvgIpc) is 2.53. The molecule has 2 aromatic carbocycles. The fourth-order valence-electron chi connectivity index (χ4n) is 2.51. The molecule has 128 valence electrons. The molecule has 0 fully saturated rings. The third-order valence-electron chi connectivity index (χ3n) is 3.57. The number of benzene rings is 2. The summed E-state index contributed by atoms with van der Waals surface area (Å²) < 4.78 is 11.3. The maximum Gasteiger partial charge on any atom is 0.265 e. The minimum absolute atomic E-state index is 0.152. The van der Waals surface area contributed by atoms with Crippen LogP contribution in [0.15, 0.2) is 42.5 Å². The molecule has 0 aromatic heterocycles. The molecule has 0 aliphatic rings. The van der Waals surface area contributed by atoms with Gasteiger partial charge in [-0.05, 0) is 74.7 Å². The lowest BCUT2D eigenvalue weighted by atomic mass is 10.1. The second kappa shape index (κ2) is 8.39. The Bertz CT molecular complexity index is 660. The minimum Gasteiger partial charge on any atom is -0.494 e. The van der Waals surface area contributed by atoms with Gasteiger partial charge in [0, 0.05) is 5.69 Å². The van der Waals surface area contributed by atoms with Gasteiger partial charge in [-0.1, -0.05) is 13.0 Å². The number of anilines is 1. The molecular weight excluding hydrogens is 302 g/mol. The highest BCUT2D eigenvalue weighted by Crippen LogP contribution is 2.20. The second-order valence-corrected chi connectivity index (χ2v) is 5.78. The Morgan fingerprint density at radius 2 is 1.62 bits per heavy atom. The molecule has 24 heavy (non-hydrogen) atoms. The fourth-order valence-corrected chi connectivity index (χ4v) is 2.51. The predicted molar refractivity (Wildman–Crippen MR) is 96.9 cm³/mol. The molecule has 0 saturated heterocycles. The lowest BCUT2D eigenvalue weighted by molar-refractivity contribution is -0.122. The molecule has 0 unspecified atom stereocenters. The number of ether oxygens (including phenoxy) is 2.